The Hall–Kier alpha value is -3.98. The lowest BCUT2D eigenvalue weighted by atomic mass is 10.0. The van der Waals surface area contributed by atoms with Gasteiger partial charge in [-0.1, -0.05) is 18.2 Å². The minimum atomic E-state index is -0.610. The molecule has 0 bridgehead atoms. The first-order valence-electron chi connectivity index (χ1n) is 12.3. The number of nitrogens with one attached hydrogen (secondary N) is 1. The summed E-state index contributed by atoms with van der Waals surface area (Å²) in [6, 6.07) is 15.0. The van der Waals surface area contributed by atoms with E-state index in [9.17, 15) is 14.4 Å². The van der Waals surface area contributed by atoms with Crippen LogP contribution < -0.4 is 10.1 Å². The van der Waals surface area contributed by atoms with Crippen molar-refractivity contribution in [2.24, 2.45) is 0 Å². The van der Waals surface area contributed by atoms with Crippen molar-refractivity contribution in [2.75, 3.05) is 13.1 Å². The fraction of sp³-hybridized carbons (Fsp3) is 0.333. The average molecular weight is 486 g/mol. The number of fused-ring (bicyclic) bond motifs is 1. The van der Waals surface area contributed by atoms with Crippen molar-refractivity contribution < 1.29 is 19.1 Å². The van der Waals surface area contributed by atoms with E-state index in [1.165, 1.54) is 0 Å². The highest BCUT2D eigenvalue weighted by molar-refractivity contribution is 6.05. The van der Waals surface area contributed by atoms with Gasteiger partial charge in [-0.05, 0) is 48.7 Å². The molecule has 3 aliphatic heterocycles. The third-order valence-electron chi connectivity index (χ3n) is 7.09. The normalized spacial score (nSPS) is 22.1. The highest BCUT2D eigenvalue weighted by Gasteiger charge is 2.39. The minimum absolute atomic E-state index is 0.0653. The molecule has 3 amide bonds. The average Bonchev–Trinajstić information content (AvgIpc) is 3.60. The predicted octanol–water partition coefficient (Wildman–Crippen LogP) is 2.29. The van der Waals surface area contributed by atoms with Crippen molar-refractivity contribution in [3.63, 3.8) is 0 Å². The molecule has 9 heteroatoms. The quantitative estimate of drug-likeness (QED) is 0.538. The minimum Gasteiger partial charge on any atom is -0.489 e. The lowest BCUT2D eigenvalue weighted by Gasteiger charge is -2.29. The van der Waals surface area contributed by atoms with Crippen LogP contribution in [0.3, 0.4) is 0 Å². The van der Waals surface area contributed by atoms with Crippen LogP contribution in [0, 0.1) is 0 Å². The number of aromatic nitrogens is 2. The van der Waals surface area contributed by atoms with Crippen LogP contribution in [-0.4, -0.2) is 62.5 Å². The summed E-state index contributed by atoms with van der Waals surface area (Å²) in [6.45, 7) is 2.91. The van der Waals surface area contributed by atoms with Crippen LogP contribution in [0.1, 0.15) is 40.7 Å². The highest BCUT2D eigenvalue weighted by atomic mass is 16.5. The van der Waals surface area contributed by atoms with Crippen LogP contribution in [0.4, 0.5) is 0 Å². The SMILES string of the molecule is O=C1CCC(N2Cc3cc(OC4CCN(Cc5cnn(-c6ccccc6)c5)C4)ccc3C2=O)C(=O)N1. The molecule has 2 unspecified atom stereocenters. The molecule has 36 heavy (non-hydrogen) atoms. The number of carbonyl (C=O) groups is 3. The van der Waals surface area contributed by atoms with Gasteiger partial charge in [-0.3, -0.25) is 24.6 Å². The molecular weight excluding hydrogens is 458 g/mol. The lowest BCUT2D eigenvalue weighted by molar-refractivity contribution is -0.136. The molecule has 3 aliphatic rings. The highest BCUT2D eigenvalue weighted by Crippen LogP contribution is 2.31. The molecule has 0 spiro atoms. The first-order chi connectivity index (χ1) is 17.5. The van der Waals surface area contributed by atoms with Crippen molar-refractivity contribution in [3.8, 4) is 11.4 Å². The number of imide groups is 1. The van der Waals surface area contributed by atoms with Gasteiger partial charge in [0.1, 0.15) is 17.9 Å². The molecule has 0 saturated carbocycles. The van der Waals surface area contributed by atoms with E-state index >= 15 is 0 Å². The number of likely N-dealkylation sites (tertiary alicyclic amines) is 1. The zero-order valence-electron chi connectivity index (χ0n) is 19.8. The summed E-state index contributed by atoms with van der Waals surface area (Å²) in [5.74, 6) is -0.125. The van der Waals surface area contributed by atoms with Gasteiger partial charge in [0.05, 0.1) is 11.9 Å². The van der Waals surface area contributed by atoms with E-state index in [0.717, 1.165) is 48.6 Å². The Kier molecular flexibility index (Phi) is 5.77. The first-order valence-corrected chi connectivity index (χ1v) is 12.3. The molecule has 9 nitrogen and oxygen atoms in total. The molecular formula is C27H27N5O4. The molecule has 0 radical (unpaired) electrons. The summed E-state index contributed by atoms with van der Waals surface area (Å²) in [5, 5.41) is 6.83. The number of amides is 3. The van der Waals surface area contributed by atoms with E-state index in [1.807, 2.05) is 53.3 Å². The van der Waals surface area contributed by atoms with Gasteiger partial charge in [-0.15, -0.1) is 0 Å². The third-order valence-corrected chi connectivity index (χ3v) is 7.09. The second-order valence-electron chi connectivity index (χ2n) is 9.61. The third kappa shape index (κ3) is 4.37. The number of piperidine rings is 1. The summed E-state index contributed by atoms with van der Waals surface area (Å²) in [7, 11) is 0. The molecule has 2 fully saturated rings. The van der Waals surface area contributed by atoms with Gasteiger partial charge >= 0.3 is 0 Å². The van der Waals surface area contributed by atoms with Crippen molar-refractivity contribution in [2.45, 2.75) is 44.5 Å². The second kappa shape index (κ2) is 9.23. The molecule has 6 rings (SSSR count). The summed E-state index contributed by atoms with van der Waals surface area (Å²) >= 11 is 0. The Morgan fingerprint density at radius 3 is 2.75 bits per heavy atom. The molecule has 4 heterocycles. The standard InChI is InChI=1S/C27H27N5O4/c33-25-9-8-24(26(34)29-25)31-16-19-12-21(6-7-23(19)27(31)35)36-22-10-11-30(17-22)14-18-13-28-32(15-18)20-4-2-1-3-5-20/h1-7,12-13,15,22,24H,8-11,14,16-17H2,(H,29,33,34). The van der Waals surface area contributed by atoms with E-state index in [-0.39, 0.29) is 24.3 Å². The van der Waals surface area contributed by atoms with Gasteiger partial charge in [-0.2, -0.15) is 5.10 Å². The summed E-state index contributed by atoms with van der Waals surface area (Å²) < 4.78 is 8.17. The Balaban J connectivity index is 1.06. The topological polar surface area (TPSA) is 96.8 Å². The monoisotopic (exact) mass is 485 g/mol. The first kappa shape index (κ1) is 22.5. The second-order valence-corrected chi connectivity index (χ2v) is 9.61. The van der Waals surface area contributed by atoms with Crippen LogP contribution in [0.25, 0.3) is 5.69 Å². The van der Waals surface area contributed by atoms with Gasteiger partial charge < -0.3 is 9.64 Å². The van der Waals surface area contributed by atoms with Gasteiger partial charge in [-0.25, -0.2) is 4.68 Å². The van der Waals surface area contributed by atoms with Crippen LogP contribution >= 0.6 is 0 Å². The maximum absolute atomic E-state index is 12.9. The summed E-state index contributed by atoms with van der Waals surface area (Å²) in [5.41, 5.74) is 3.64. The van der Waals surface area contributed by atoms with Gasteiger partial charge in [0.2, 0.25) is 11.8 Å². The van der Waals surface area contributed by atoms with E-state index in [2.05, 4.69) is 21.5 Å². The summed E-state index contributed by atoms with van der Waals surface area (Å²) in [4.78, 5) is 40.5. The van der Waals surface area contributed by atoms with Crippen molar-refractivity contribution in [1.29, 1.82) is 0 Å². The zero-order valence-corrected chi connectivity index (χ0v) is 19.8. The van der Waals surface area contributed by atoms with Crippen LogP contribution in [0.15, 0.2) is 60.9 Å². The van der Waals surface area contributed by atoms with Crippen LogP contribution in [-0.2, 0) is 22.7 Å². The predicted molar refractivity (Wildman–Crippen MR) is 130 cm³/mol. The molecule has 1 N–H and O–H groups in total. The molecule has 184 valence electrons. The van der Waals surface area contributed by atoms with Crippen molar-refractivity contribution in [1.82, 2.24) is 24.9 Å². The Labute approximate surface area is 208 Å². The van der Waals surface area contributed by atoms with Gasteiger partial charge in [0.15, 0.2) is 0 Å². The number of rotatable bonds is 6. The molecule has 3 aromatic rings. The molecule has 0 aliphatic carbocycles. The largest absolute Gasteiger partial charge is 0.489 e. The number of hydrogen-bond acceptors (Lipinski definition) is 6. The number of carbonyl (C=O) groups excluding carboxylic acids is 3. The van der Waals surface area contributed by atoms with Gasteiger partial charge in [0.25, 0.3) is 5.91 Å². The lowest BCUT2D eigenvalue weighted by Crippen LogP contribution is -2.52. The number of benzene rings is 2. The maximum atomic E-state index is 12.9. The number of hydrogen-bond donors (Lipinski definition) is 1. The molecule has 2 aromatic carbocycles. The molecule has 1 aromatic heterocycles. The van der Waals surface area contributed by atoms with Crippen molar-refractivity contribution in [3.05, 3.63) is 77.6 Å². The van der Waals surface area contributed by atoms with Crippen LogP contribution in [0.2, 0.25) is 0 Å². The van der Waals surface area contributed by atoms with Crippen molar-refractivity contribution >= 4 is 17.7 Å². The number of nitrogens with zero attached hydrogens (tertiary/aromatic N) is 4. The molecule has 2 saturated heterocycles. The zero-order chi connectivity index (χ0) is 24.6. The maximum Gasteiger partial charge on any atom is 0.255 e. The fourth-order valence-corrected chi connectivity index (χ4v) is 5.28. The molecule has 2 atom stereocenters. The van der Waals surface area contributed by atoms with E-state index in [4.69, 9.17) is 4.74 Å². The Morgan fingerprint density at radius 1 is 1.06 bits per heavy atom. The Bertz CT molecular complexity index is 1320. The van der Waals surface area contributed by atoms with E-state index < -0.39 is 11.9 Å². The number of ether oxygens (including phenoxy) is 1. The van der Waals surface area contributed by atoms with Gasteiger partial charge in [0, 0.05) is 49.9 Å². The number of para-hydroxylation sites is 1. The fourth-order valence-electron chi connectivity index (χ4n) is 5.28. The summed E-state index contributed by atoms with van der Waals surface area (Å²) in [6.07, 6.45) is 5.56. The van der Waals surface area contributed by atoms with E-state index in [1.54, 1.807) is 11.0 Å². The smallest absolute Gasteiger partial charge is 0.255 e. The Morgan fingerprint density at radius 2 is 1.92 bits per heavy atom. The van der Waals surface area contributed by atoms with Crippen LogP contribution in [0.5, 0.6) is 5.75 Å². The van der Waals surface area contributed by atoms with E-state index in [0.29, 0.717) is 18.5 Å².